The van der Waals surface area contributed by atoms with Crippen LogP contribution in [-0.2, 0) is 4.79 Å². The lowest BCUT2D eigenvalue weighted by Crippen LogP contribution is -2.44. The van der Waals surface area contributed by atoms with Crippen LogP contribution < -0.4 is 11.1 Å². The Morgan fingerprint density at radius 1 is 1.31 bits per heavy atom. The summed E-state index contributed by atoms with van der Waals surface area (Å²) < 4.78 is 0. The Balaban J connectivity index is 2.67. The smallest absolute Gasteiger partial charge is 0.251 e. The predicted octanol–water partition coefficient (Wildman–Crippen LogP) is 0.572. The summed E-state index contributed by atoms with van der Waals surface area (Å²) in [7, 11) is 0. The fourth-order valence-electron chi connectivity index (χ4n) is 1.39. The first-order chi connectivity index (χ1) is 7.52. The molecule has 0 fully saturated rings. The zero-order chi connectivity index (χ0) is 12.1. The second-order valence-corrected chi connectivity index (χ2v) is 4.04. The molecule has 1 amide bonds. The van der Waals surface area contributed by atoms with Crippen molar-refractivity contribution in [2.45, 2.75) is 32.0 Å². The van der Waals surface area contributed by atoms with Crippen molar-refractivity contribution < 1.29 is 9.90 Å². The van der Waals surface area contributed by atoms with Crippen molar-refractivity contribution in [1.82, 2.24) is 5.32 Å². The molecule has 0 aliphatic carbocycles. The average Bonchev–Trinajstić information content (AvgIpc) is 2.27. The minimum absolute atomic E-state index is 0.00915. The van der Waals surface area contributed by atoms with Crippen LogP contribution in [0.3, 0.4) is 0 Å². The van der Waals surface area contributed by atoms with Crippen LogP contribution in [0.2, 0.25) is 0 Å². The van der Waals surface area contributed by atoms with E-state index in [1.54, 1.807) is 12.1 Å². The molecule has 4 N–H and O–H groups in total. The molecule has 4 nitrogen and oxygen atoms in total. The number of aliphatic hydroxyl groups is 1. The summed E-state index contributed by atoms with van der Waals surface area (Å²) in [6.07, 6.45) is -1.22. The minimum Gasteiger partial charge on any atom is -0.381 e. The Bertz CT molecular complexity index is 338. The molecular weight excluding hydrogens is 204 g/mol. The largest absolute Gasteiger partial charge is 0.381 e. The van der Waals surface area contributed by atoms with Gasteiger partial charge in [0.15, 0.2) is 6.10 Å². The SMILES string of the molecule is CC(C)NC(=O)C(O)C(N)c1ccccc1. The van der Waals surface area contributed by atoms with Gasteiger partial charge in [0.1, 0.15) is 0 Å². The Morgan fingerprint density at radius 2 is 1.88 bits per heavy atom. The number of hydrogen-bond acceptors (Lipinski definition) is 3. The van der Waals surface area contributed by atoms with Crippen LogP contribution in [0.15, 0.2) is 30.3 Å². The van der Waals surface area contributed by atoms with Crippen LogP contribution in [0.25, 0.3) is 0 Å². The molecule has 4 heteroatoms. The van der Waals surface area contributed by atoms with Crippen LogP contribution in [0.1, 0.15) is 25.5 Å². The summed E-state index contributed by atoms with van der Waals surface area (Å²) in [5.41, 5.74) is 6.55. The van der Waals surface area contributed by atoms with Gasteiger partial charge in [0.25, 0.3) is 5.91 Å². The van der Waals surface area contributed by atoms with Gasteiger partial charge < -0.3 is 16.2 Å². The van der Waals surface area contributed by atoms with Crippen LogP contribution in [-0.4, -0.2) is 23.2 Å². The van der Waals surface area contributed by atoms with E-state index in [1.807, 2.05) is 32.0 Å². The molecule has 1 aromatic rings. The Labute approximate surface area is 95.5 Å². The number of nitrogens with one attached hydrogen (secondary N) is 1. The van der Waals surface area contributed by atoms with E-state index in [2.05, 4.69) is 5.32 Å². The topological polar surface area (TPSA) is 75.3 Å². The number of nitrogens with two attached hydrogens (primary N) is 1. The summed E-state index contributed by atoms with van der Waals surface area (Å²) in [6, 6.07) is 8.37. The standard InChI is InChI=1S/C12H18N2O2/c1-8(2)14-12(16)11(15)10(13)9-6-4-3-5-7-9/h3-8,10-11,15H,13H2,1-2H3,(H,14,16). The van der Waals surface area contributed by atoms with E-state index in [-0.39, 0.29) is 6.04 Å². The molecule has 1 aromatic carbocycles. The van der Waals surface area contributed by atoms with Gasteiger partial charge >= 0.3 is 0 Å². The second-order valence-electron chi connectivity index (χ2n) is 4.04. The van der Waals surface area contributed by atoms with Crippen molar-refractivity contribution in [3.63, 3.8) is 0 Å². The highest BCUT2D eigenvalue weighted by Crippen LogP contribution is 2.13. The number of rotatable bonds is 4. The van der Waals surface area contributed by atoms with Gasteiger partial charge in [0.2, 0.25) is 0 Å². The molecule has 0 aliphatic rings. The highest BCUT2D eigenvalue weighted by atomic mass is 16.3. The fourth-order valence-corrected chi connectivity index (χ4v) is 1.39. The normalized spacial score (nSPS) is 14.6. The van der Waals surface area contributed by atoms with Crippen LogP contribution in [0.4, 0.5) is 0 Å². The predicted molar refractivity (Wildman–Crippen MR) is 62.7 cm³/mol. The molecule has 0 bridgehead atoms. The molecule has 2 atom stereocenters. The summed E-state index contributed by atoms with van der Waals surface area (Å²) >= 11 is 0. The van der Waals surface area contributed by atoms with Crippen molar-refractivity contribution in [1.29, 1.82) is 0 Å². The van der Waals surface area contributed by atoms with Crippen molar-refractivity contribution in [3.05, 3.63) is 35.9 Å². The summed E-state index contributed by atoms with van der Waals surface area (Å²) in [5.74, 6) is -0.439. The molecule has 0 aromatic heterocycles. The van der Waals surface area contributed by atoms with Crippen molar-refractivity contribution in [2.24, 2.45) is 5.73 Å². The number of aliphatic hydroxyl groups excluding tert-OH is 1. The van der Waals surface area contributed by atoms with Gasteiger partial charge in [0.05, 0.1) is 6.04 Å². The van der Waals surface area contributed by atoms with E-state index < -0.39 is 18.1 Å². The molecule has 0 heterocycles. The molecule has 1 rings (SSSR count). The highest BCUT2D eigenvalue weighted by Gasteiger charge is 2.24. The van der Waals surface area contributed by atoms with Gasteiger partial charge in [-0.1, -0.05) is 30.3 Å². The number of amides is 1. The van der Waals surface area contributed by atoms with E-state index in [0.717, 1.165) is 5.56 Å². The summed E-state index contributed by atoms with van der Waals surface area (Å²) in [5, 5.41) is 12.4. The van der Waals surface area contributed by atoms with Gasteiger partial charge in [-0.3, -0.25) is 4.79 Å². The van der Waals surface area contributed by atoms with Crippen molar-refractivity contribution in [3.8, 4) is 0 Å². The van der Waals surface area contributed by atoms with Gasteiger partial charge in [-0.2, -0.15) is 0 Å². The van der Waals surface area contributed by atoms with Crippen LogP contribution in [0, 0.1) is 0 Å². The first-order valence-corrected chi connectivity index (χ1v) is 5.31. The number of carbonyl (C=O) groups excluding carboxylic acids is 1. The number of hydrogen-bond donors (Lipinski definition) is 3. The molecule has 88 valence electrons. The zero-order valence-corrected chi connectivity index (χ0v) is 9.55. The molecule has 16 heavy (non-hydrogen) atoms. The molecule has 0 spiro atoms. The van der Waals surface area contributed by atoms with Crippen molar-refractivity contribution >= 4 is 5.91 Å². The summed E-state index contributed by atoms with van der Waals surface area (Å²) in [6.45, 7) is 3.66. The molecule has 0 saturated heterocycles. The first-order valence-electron chi connectivity index (χ1n) is 5.31. The number of carbonyl (C=O) groups is 1. The molecule has 0 saturated carbocycles. The average molecular weight is 222 g/mol. The molecule has 0 aliphatic heterocycles. The van der Waals surface area contributed by atoms with Gasteiger partial charge in [-0.15, -0.1) is 0 Å². The van der Waals surface area contributed by atoms with Gasteiger partial charge in [-0.05, 0) is 19.4 Å². The Kier molecular flexibility index (Phi) is 4.46. The third-order valence-corrected chi connectivity index (χ3v) is 2.22. The van der Waals surface area contributed by atoms with E-state index in [9.17, 15) is 9.90 Å². The van der Waals surface area contributed by atoms with Gasteiger partial charge in [0, 0.05) is 6.04 Å². The first kappa shape index (κ1) is 12.7. The molecule has 0 radical (unpaired) electrons. The van der Waals surface area contributed by atoms with E-state index in [1.165, 1.54) is 0 Å². The fraction of sp³-hybridized carbons (Fsp3) is 0.417. The third kappa shape index (κ3) is 3.32. The van der Waals surface area contributed by atoms with E-state index in [4.69, 9.17) is 5.73 Å². The zero-order valence-electron chi connectivity index (χ0n) is 9.55. The van der Waals surface area contributed by atoms with Gasteiger partial charge in [-0.25, -0.2) is 0 Å². The minimum atomic E-state index is -1.22. The van der Waals surface area contributed by atoms with Crippen molar-refractivity contribution in [2.75, 3.05) is 0 Å². The van der Waals surface area contributed by atoms with E-state index >= 15 is 0 Å². The second kappa shape index (κ2) is 5.63. The highest BCUT2D eigenvalue weighted by molar-refractivity contribution is 5.81. The lowest BCUT2D eigenvalue weighted by Gasteiger charge is -2.19. The lowest BCUT2D eigenvalue weighted by molar-refractivity contribution is -0.130. The lowest BCUT2D eigenvalue weighted by atomic mass is 10.0. The summed E-state index contributed by atoms with van der Waals surface area (Å²) in [4.78, 5) is 11.5. The quantitative estimate of drug-likeness (QED) is 0.697. The van der Waals surface area contributed by atoms with Crippen LogP contribution in [0.5, 0.6) is 0 Å². The molecule has 2 unspecified atom stereocenters. The molecular formula is C12H18N2O2. The maximum atomic E-state index is 11.5. The maximum absolute atomic E-state index is 11.5. The Morgan fingerprint density at radius 3 is 2.38 bits per heavy atom. The van der Waals surface area contributed by atoms with Crippen LogP contribution >= 0.6 is 0 Å². The third-order valence-electron chi connectivity index (χ3n) is 2.22. The maximum Gasteiger partial charge on any atom is 0.251 e. The van der Waals surface area contributed by atoms with E-state index in [0.29, 0.717) is 0 Å². The number of benzene rings is 1. The monoisotopic (exact) mass is 222 g/mol. The Hall–Kier alpha value is -1.39.